The van der Waals surface area contributed by atoms with E-state index in [1.807, 2.05) is 41.2 Å². The molecule has 0 radical (unpaired) electrons. The molecule has 0 amide bonds. The van der Waals surface area contributed by atoms with Gasteiger partial charge in [-0.1, -0.05) is 6.07 Å². The van der Waals surface area contributed by atoms with Crippen LogP contribution in [-0.4, -0.2) is 45.4 Å². The Bertz CT molecular complexity index is 1380. The molecule has 8 nitrogen and oxygen atoms in total. The van der Waals surface area contributed by atoms with E-state index in [1.165, 1.54) is 0 Å². The number of ether oxygens (including phenoxy) is 1. The lowest BCUT2D eigenvalue weighted by Gasteiger charge is -2.32. The van der Waals surface area contributed by atoms with E-state index in [9.17, 15) is 0 Å². The summed E-state index contributed by atoms with van der Waals surface area (Å²) in [6.45, 7) is 4.30. The highest BCUT2D eigenvalue weighted by atomic mass is 16.7. The fourth-order valence-corrected chi connectivity index (χ4v) is 5.31. The lowest BCUT2D eigenvalue weighted by atomic mass is 9.76. The Morgan fingerprint density at radius 2 is 1.91 bits per heavy atom. The number of nitrogens with two attached hydrogens (primary N) is 1. The van der Waals surface area contributed by atoms with Crippen molar-refractivity contribution in [2.75, 3.05) is 12.8 Å². The molecule has 0 bridgehead atoms. The van der Waals surface area contributed by atoms with Gasteiger partial charge in [-0.05, 0) is 62.9 Å². The minimum atomic E-state index is -0.522. The van der Waals surface area contributed by atoms with Crippen LogP contribution in [0.25, 0.3) is 27.7 Å². The number of methoxy groups -OCH3 is 1. The maximum Gasteiger partial charge on any atom is 0.498 e. The van der Waals surface area contributed by atoms with Crippen molar-refractivity contribution in [3.63, 3.8) is 0 Å². The van der Waals surface area contributed by atoms with E-state index in [0.29, 0.717) is 11.4 Å². The molecule has 2 aromatic heterocycles. The molecule has 2 fully saturated rings. The third kappa shape index (κ3) is 3.11. The summed E-state index contributed by atoms with van der Waals surface area (Å²) in [6.07, 6.45) is 8.28. The second-order valence-corrected chi connectivity index (χ2v) is 9.48. The molecule has 34 heavy (non-hydrogen) atoms. The van der Waals surface area contributed by atoms with E-state index in [4.69, 9.17) is 19.8 Å². The van der Waals surface area contributed by atoms with Crippen LogP contribution in [0.5, 0.6) is 5.75 Å². The lowest BCUT2D eigenvalue weighted by molar-refractivity contribution is 0.00578. The minimum absolute atomic E-state index is 0.320. The molecule has 0 unspecified atom stereocenters. The average Bonchev–Trinajstić information content (AvgIpc) is 3.52. The number of nitrogen functional groups attached to an aromatic ring is 1. The van der Waals surface area contributed by atoms with E-state index >= 15 is 0 Å². The first kappa shape index (κ1) is 21.1. The van der Waals surface area contributed by atoms with Gasteiger partial charge in [0, 0.05) is 34.9 Å². The third-order valence-corrected chi connectivity index (χ3v) is 7.50. The molecule has 6 rings (SSSR count). The van der Waals surface area contributed by atoms with Crippen molar-refractivity contribution >= 4 is 29.2 Å². The number of hydrogen-bond acceptors (Lipinski definition) is 7. The summed E-state index contributed by atoms with van der Waals surface area (Å²) < 4.78 is 20.7. The smallest absolute Gasteiger partial charge is 0.497 e. The van der Waals surface area contributed by atoms with Crippen molar-refractivity contribution < 1.29 is 14.0 Å². The second-order valence-electron chi connectivity index (χ2n) is 9.48. The van der Waals surface area contributed by atoms with Crippen molar-refractivity contribution in [1.29, 1.82) is 0 Å². The Balaban J connectivity index is 1.53. The van der Waals surface area contributed by atoms with Gasteiger partial charge in [0.15, 0.2) is 0 Å². The van der Waals surface area contributed by atoms with E-state index in [0.717, 1.165) is 52.4 Å². The molecule has 1 aliphatic heterocycles. The van der Waals surface area contributed by atoms with Crippen LogP contribution in [0.3, 0.4) is 0 Å². The number of anilines is 1. The van der Waals surface area contributed by atoms with Gasteiger partial charge < -0.3 is 19.8 Å². The van der Waals surface area contributed by atoms with E-state index in [2.05, 4.69) is 35.2 Å². The first-order chi connectivity index (χ1) is 16.4. The van der Waals surface area contributed by atoms with E-state index < -0.39 is 7.12 Å². The number of aromatic nitrogens is 4. The Labute approximate surface area is 198 Å². The Kier molecular flexibility index (Phi) is 4.69. The Morgan fingerprint density at radius 1 is 1.12 bits per heavy atom. The summed E-state index contributed by atoms with van der Waals surface area (Å²) in [5.41, 5.74) is 10.4. The van der Waals surface area contributed by atoms with Gasteiger partial charge in [-0.25, -0.2) is 4.68 Å². The van der Waals surface area contributed by atoms with E-state index in [-0.39, 0.29) is 11.2 Å². The van der Waals surface area contributed by atoms with Crippen LogP contribution in [0.15, 0.2) is 55.0 Å². The number of hydrogen-bond donors (Lipinski definition) is 1. The fourth-order valence-electron chi connectivity index (χ4n) is 5.31. The maximum absolute atomic E-state index is 6.55. The van der Waals surface area contributed by atoms with Gasteiger partial charge >= 0.3 is 7.12 Å². The first-order valence-electron chi connectivity index (χ1n) is 11.5. The molecule has 9 heteroatoms. The Morgan fingerprint density at radius 3 is 2.62 bits per heavy atom. The van der Waals surface area contributed by atoms with Crippen LogP contribution in [0, 0.1) is 0 Å². The number of fused-ring (bicyclic) bond motifs is 2. The standard InChI is InChI=1S/C25H26BN5O3/c1-24-8-4-9-25(24,2)34-26(33-24)19-13-18(22(14-23(19)32-3)31-11-5-10-29-31)16-6-7-17-20(27)15-28-30-21(17)12-16/h5-7,10-15H,4,8-9H2,1-3H3,(H2,27,30)/t24-,25+. The molecule has 2 aliphatic rings. The SMILES string of the molecule is COc1cc(-n2cccn2)c(-c2ccc3c(N)cnnc3c2)cc1B1O[C@]2(C)CCC[C@]2(C)O1. The third-order valence-electron chi connectivity index (χ3n) is 7.50. The average molecular weight is 455 g/mol. The molecule has 1 aliphatic carbocycles. The van der Waals surface area contributed by atoms with Crippen LogP contribution < -0.4 is 15.9 Å². The summed E-state index contributed by atoms with van der Waals surface area (Å²) in [5, 5.41) is 13.6. The summed E-state index contributed by atoms with van der Waals surface area (Å²) in [4.78, 5) is 0. The van der Waals surface area contributed by atoms with Crippen molar-refractivity contribution in [3.05, 3.63) is 55.0 Å². The van der Waals surface area contributed by atoms with Crippen molar-refractivity contribution in [1.82, 2.24) is 20.0 Å². The molecule has 1 saturated heterocycles. The summed E-state index contributed by atoms with van der Waals surface area (Å²) in [7, 11) is 1.14. The van der Waals surface area contributed by atoms with E-state index in [1.54, 1.807) is 19.5 Å². The zero-order valence-electron chi connectivity index (χ0n) is 19.5. The van der Waals surface area contributed by atoms with Crippen LogP contribution in [0.2, 0.25) is 0 Å². The Hall–Kier alpha value is -3.43. The summed E-state index contributed by atoms with van der Waals surface area (Å²) in [6, 6.07) is 12.0. The van der Waals surface area contributed by atoms with Gasteiger partial charge in [0.1, 0.15) is 5.75 Å². The largest absolute Gasteiger partial charge is 0.498 e. The molecule has 1 saturated carbocycles. The van der Waals surface area contributed by atoms with Gasteiger partial charge in [-0.2, -0.15) is 15.3 Å². The molecule has 2 atom stereocenters. The second kappa shape index (κ2) is 7.54. The van der Waals surface area contributed by atoms with Crippen molar-refractivity contribution in [2.24, 2.45) is 0 Å². The molecular weight excluding hydrogens is 429 g/mol. The van der Waals surface area contributed by atoms with Crippen LogP contribution in [-0.2, 0) is 9.31 Å². The highest BCUT2D eigenvalue weighted by molar-refractivity contribution is 6.63. The molecular formula is C25H26BN5O3. The van der Waals surface area contributed by atoms with Crippen molar-refractivity contribution in [2.45, 2.75) is 44.3 Å². The zero-order valence-corrected chi connectivity index (χ0v) is 19.5. The van der Waals surface area contributed by atoms with Crippen LogP contribution >= 0.6 is 0 Å². The molecule has 172 valence electrons. The number of nitrogens with zero attached hydrogens (tertiary/aromatic N) is 4. The molecule has 2 N–H and O–H groups in total. The zero-order chi connectivity index (χ0) is 23.5. The molecule has 0 spiro atoms. The highest BCUT2D eigenvalue weighted by Crippen LogP contribution is 2.49. The minimum Gasteiger partial charge on any atom is -0.497 e. The lowest BCUT2D eigenvalue weighted by Crippen LogP contribution is -2.41. The van der Waals surface area contributed by atoms with Gasteiger partial charge in [0.05, 0.1) is 41.4 Å². The number of rotatable bonds is 4. The molecule has 2 aromatic carbocycles. The van der Waals surface area contributed by atoms with Gasteiger partial charge in [0.25, 0.3) is 0 Å². The van der Waals surface area contributed by atoms with Crippen LogP contribution in [0.1, 0.15) is 33.1 Å². The topological polar surface area (TPSA) is 97.3 Å². The predicted molar refractivity (Wildman–Crippen MR) is 131 cm³/mol. The predicted octanol–water partition coefficient (Wildman–Crippen LogP) is 3.52. The molecule has 3 heterocycles. The summed E-state index contributed by atoms with van der Waals surface area (Å²) >= 11 is 0. The van der Waals surface area contributed by atoms with Gasteiger partial charge in [-0.15, -0.1) is 0 Å². The first-order valence-corrected chi connectivity index (χ1v) is 11.5. The van der Waals surface area contributed by atoms with Gasteiger partial charge in [-0.3, -0.25) is 0 Å². The maximum atomic E-state index is 6.55. The highest BCUT2D eigenvalue weighted by Gasteiger charge is 2.60. The van der Waals surface area contributed by atoms with Gasteiger partial charge in [0.2, 0.25) is 0 Å². The van der Waals surface area contributed by atoms with Crippen molar-refractivity contribution in [3.8, 4) is 22.6 Å². The monoisotopic (exact) mass is 455 g/mol. The molecule has 4 aromatic rings. The normalized spacial score (nSPS) is 24.0. The summed E-state index contributed by atoms with van der Waals surface area (Å²) in [5.74, 6) is 0.691. The fraction of sp³-hybridized carbons (Fsp3) is 0.320. The quantitative estimate of drug-likeness (QED) is 0.471. The van der Waals surface area contributed by atoms with Crippen LogP contribution in [0.4, 0.5) is 5.69 Å². The number of benzene rings is 2.